The maximum Gasteiger partial charge on any atom is 0.333 e. The monoisotopic (exact) mass is 237 g/mol. The Morgan fingerprint density at radius 2 is 1.60 bits per heavy atom. The van der Waals surface area contributed by atoms with Gasteiger partial charge in [-0.05, 0) is 12.3 Å². The molecule has 92 valence electrons. The maximum atomic E-state index is 10.4. The van der Waals surface area contributed by atoms with Crippen molar-refractivity contribution in [2.24, 2.45) is 11.1 Å². The first-order chi connectivity index (χ1) is 6.92. The van der Waals surface area contributed by atoms with Gasteiger partial charge in [0.05, 0.1) is 6.61 Å². The summed E-state index contributed by atoms with van der Waals surface area (Å²) in [6.07, 6.45) is 6.65. The summed E-state index contributed by atoms with van der Waals surface area (Å²) in [7, 11) is -3.73. The molecule has 0 saturated carbocycles. The lowest BCUT2D eigenvalue weighted by molar-refractivity contribution is 0.306. The molecule has 4 nitrogen and oxygen atoms in total. The molecular weight excluding hydrogens is 214 g/mol. The predicted octanol–water partition coefficient (Wildman–Crippen LogP) is 2.20. The first-order valence-corrected chi connectivity index (χ1v) is 7.06. The van der Waals surface area contributed by atoms with Gasteiger partial charge in [-0.3, -0.25) is 4.18 Å². The molecule has 0 saturated heterocycles. The van der Waals surface area contributed by atoms with Crippen molar-refractivity contribution in [2.75, 3.05) is 6.61 Å². The van der Waals surface area contributed by atoms with E-state index in [1.807, 2.05) is 0 Å². The van der Waals surface area contributed by atoms with Crippen LogP contribution in [0.25, 0.3) is 0 Å². The van der Waals surface area contributed by atoms with Crippen molar-refractivity contribution in [1.82, 2.24) is 0 Å². The van der Waals surface area contributed by atoms with Gasteiger partial charge >= 0.3 is 10.3 Å². The van der Waals surface area contributed by atoms with Crippen molar-refractivity contribution >= 4 is 10.3 Å². The van der Waals surface area contributed by atoms with Gasteiger partial charge in [0, 0.05) is 0 Å². The van der Waals surface area contributed by atoms with Crippen LogP contribution in [0, 0.1) is 5.92 Å². The summed E-state index contributed by atoms with van der Waals surface area (Å²) in [5.74, 6) is 0.774. The number of hydrogen-bond acceptors (Lipinski definition) is 3. The first kappa shape index (κ1) is 14.9. The Bertz CT molecular complexity index is 237. The topological polar surface area (TPSA) is 69.4 Å². The van der Waals surface area contributed by atoms with Gasteiger partial charge in [-0.1, -0.05) is 46.0 Å². The van der Waals surface area contributed by atoms with Crippen molar-refractivity contribution in [3.63, 3.8) is 0 Å². The normalized spacial score (nSPS) is 12.3. The zero-order chi connectivity index (χ0) is 11.7. The SMILES string of the molecule is CC(C)CCCCCCCOS(N)(=O)=O. The van der Waals surface area contributed by atoms with Gasteiger partial charge in [0.15, 0.2) is 0 Å². The average molecular weight is 237 g/mol. The third kappa shape index (κ3) is 13.9. The number of nitrogens with two attached hydrogens (primary N) is 1. The number of unbranched alkanes of at least 4 members (excludes halogenated alkanes) is 4. The Hall–Kier alpha value is -0.130. The molecule has 0 aromatic rings. The molecule has 0 aliphatic carbocycles. The van der Waals surface area contributed by atoms with Gasteiger partial charge in [-0.2, -0.15) is 8.42 Å². The van der Waals surface area contributed by atoms with Crippen molar-refractivity contribution in [3.8, 4) is 0 Å². The molecule has 0 heterocycles. The fourth-order valence-corrected chi connectivity index (χ4v) is 1.71. The van der Waals surface area contributed by atoms with E-state index in [0.29, 0.717) is 0 Å². The average Bonchev–Trinajstić information content (AvgIpc) is 2.07. The minimum Gasteiger partial charge on any atom is -0.258 e. The molecule has 0 aromatic carbocycles. The molecular formula is C10H23NO3S. The van der Waals surface area contributed by atoms with Crippen LogP contribution < -0.4 is 5.14 Å². The summed E-state index contributed by atoms with van der Waals surface area (Å²) in [5, 5.41) is 4.68. The van der Waals surface area contributed by atoms with Crippen LogP contribution in [0.3, 0.4) is 0 Å². The fraction of sp³-hybridized carbons (Fsp3) is 1.00. The van der Waals surface area contributed by atoms with Gasteiger partial charge in [-0.15, -0.1) is 0 Å². The Morgan fingerprint density at radius 1 is 1.07 bits per heavy atom. The summed E-state index contributed by atoms with van der Waals surface area (Å²) < 4.78 is 25.2. The molecule has 0 unspecified atom stereocenters. The minimum absolute atomic E-state index is 0.211. The van der Waals surface area contributed by atoms with E-state index in [-0.39, 0.29) is 6.61 Å². The first-order valence-electron chi connectivity index (χ1n) is 5.59. The summed E-state index contributed by atoms with van der Waals surface area (Å²) in [6, 6.07) is 0. The molecule has 0 fully saturated rings. The maximum absolute atomic E-state index is 10.4. The summed E-state index contributed by atoms with van der Waals surface area (Å²) in [6.45, 7) is 4.66. The molecule has 0 aliphatic rings. The van der Waals surface area contributed by atoms with Gasteiger partial charge in [0.2, 0.25) is 0 Å². The van der Waals surface area contributed by atoms with Gasteiger partial charge in [-0.25, -0.2) is 5.14 Å². The van der Waals surface area contributed by atoms with Crippen LogP contribution in [0.5, 0.6) is 0 Å². The standard InChI is InChI=1S/C10H23NO3S/c1-10(2)8-6-4-3-5-7-9-14-15(11,12)13/h10H,3-9H2,1-2H3,(H2,11,12,13). The zero-order valence-electron chi connectivity index (χ0n) is 9.74. The van der Waals surface area contributed by atoms with E-state index < -0.39 is 10.3 Å². The Morgan fingerprint density at radius 3 is 2.13 bits per heavy atom. The molecule has 0 spiro atoms. The van der Waals surface area contributed by atoms with Gasteiger partial charge < -0.3 is 0 Å². The van der Waals surface area contributed by atoms with Crippen LogP contribution in [0.2, 0.25) is 0 Å². The molecule has 0 aromatic heterocycles. The molecule has 0 aliphatic heterocycles. The van der Waals surface area contributed by atoms with Gasteiger partial charge in [0.25, 0.3) is 0 Å². The summed E-state index contributed by atoms with van der Waals surface area (Å²) in [4.78, 5) is 0. The lowest BCUT2D eigenvalue weighted by Gasteiger charge is -2.04. The van der Waals surface area contributed by atoms with E-state index >= 15 is 0 Å². The second kappa shape index (κ2) is 8.07. The predicted molar refractivity (Wildman–Crippen MR) is 61.6 cm³/mol. The van der Waals surface area contributed by atoms with E-state index in [1.165, 1.54) is 19.3 Å². The molecule has 2 N–H and O–H groups in total. The van der Waals surface area contributed by atoms with Crippen LogP contribution in [0.15, 0.2) is 0 Å². The Kier molecular flexibility index (Phi) is 8.00. The number of hydrogen-bond donors (Lipinski definition) is 1. The molecule has 0 atom stereocenters. The molecule has 0 radical (unpaired) electrons. The zero-order valence-corrected chi connectivity index (χ0v) is 10.6. The lowest BCUT2D eigenvalue weighted by atomic mass is 10.0. The lowest BCUT2D eigenvalue weighted by Crippen LogP contribution is -2.16. The Labute approximate surface area is 93.4 Å². The van der Waals surface area contributed by atoms with Crippen molar-refractivity contribution in [1.29, 1.82) is 0 Å². The second-order valence-electron chi connectivity index (χ2n) is 4.27. The van der Waals surface area contributed by atoms with E-state index in [0.717, 1.165) is 25.2 Å². The largest absolute Gasteiger partial charge is 0.333 e. The van der Waals surface area contributed by atoms with Crippen LogP contribution in [-0.4, -0.2) is 15.0 Å². The Balaban J connectivity index is 3.12. The third-order valence-electron chi connectivity index (χ3n) is 2.17. The highest BCUT2D eigenvalue weighted by Gasteiger charge is 2.00. The highest BCUT2D eigenvalue weighted by Crippen LogP contribution is 2.10. The summed E-state index contributed by atoms with van der Waals surface area (Å²) >= 11 is 0. The molecule has 0 bridgehead atoms. The quantitative estimate of drug-likeness (QED) is 0.625. The van der Waals surface area contributed by atoms with E-state index in [9.17, 15) is 8.42 Å². The number of rotatable bonds is 9. The van der Waals surface area contributed by atoms with Crippen LogP contribution in [0.1, 0.15) is 52.4 Å². The fourth-order valence-electron chi connectivity index (χ4n) is 1.36. The molecule has 15 heavy (non-hydrogen) atoms. The van der Waals surface area contributed by atoms with E-state index in [2.05, 4.69) is 23.2 Å². The van der Waals surface area contributed by atoms with E-state index in [1.54, 1.807) is 0 Å². The highest BCUT2D eigenvalue weighted by molar-refractivity contribution is 7.84. The highest BCUT2D eigenvalue weighted by atomic mass is 32.2. The second-order valence-corrected chi connectivity index (χ2v) is 5.49. The van der Waals surface area contributed by atoms with Crippen molar-refractivity contribution in [3.05, 3.63) is 0 Å². The van der Waals surface area contributed by atoms with Crippen LogP contribution >= 0.6 is 0 Å². The van der Waals surface area contributed by atoms with Crippen molar-refractivity contribution in [2.45, 2.75) is 52.4 Å². The third-order valence-corrected chi connectivity index (χ3v) is 2.67. The molecule has 5 heteroatoms. The summed E-state index contributed by atoms with van der Waals surface area (Å²) in [5.41, 5.74) is 0. The van der Waals surface area contributed by atoms with E-state index in [4.69, 9.17) is 0 Å². The van der Waals surface area contributed by atoms with Gasteiger partial charge in [0.1, 0.15) is 0 Å². The molecule has 0 rings (SSSR count). The van der Waals surface area contributed by atoms with Crippen molar-refractivity contribution < 1.29 is 12.6 Å². The minimum atomic E-state index is -3.73. The van der Waals surface area contributed by atoms with Crippen LogP contribution in [-0.2, 0) is 14.5 Å². The van der Waals surface area contributed by atoms with Crippen LogP contribution in [0.4, 0.5) is 0 Å². The molecule has 0 amide bonds. The smallest absolute Gasteiger partial charge is 0.258 e.